The zero-order valence-electron chi connectivity index (χ0n) is 11.4. The number of benzene rings is 1. The number of hydrogen-bond acceptors (Lipinski definition) is 3. The minimum Gasteiger partial charge on any atom is -0.485 e. The Balaban J connectivity index is 2.14. The minimum absolute atomic E-state index is 0.0634. The Kier molecular flexibility index (Phi) is 3.41. The van der Waals surface area contributed by atoms with Gasteiger partial charge in [-0.3, -0.25) is 0 Å². The molecule has 0 N–H and O–H groups in total. The lowest BCUT2D eigenvalue weighted by atomic mass is 9.86. The third-order valence-electron chi connectivity index (χ3n) is 2.74. The summed E-state index contributed by atoms with van der Waals surface area (Å²) in [5.74, 6) is 1.65. The molecule has 0 unspecified atom stereocenters. The number of aryl methyl sites for hydroxylation is 1. The van der Waals surface area contributed by atoms with Crippen LogP contribution in [0.15, 0.2) is 34.9 Å². The normalized spacial score (nSPS) is 11.6. The quantitative estimate of drug-likeness (QED) is 0.823. The maximum absolute atomic E-state index is 5.83. The summed E-state index contributed by atoms with van der Waals surface area (Å²) < 4.78 is 11.0. The highest BCUT2D eigenvalue weighted by atomic mass is 16.5. The number of para-hydroxylation sites is 1. The van der Waals surface area contributed by atoms with Gasteiger partial charge >= 0.3 is 0 Å². The monoisotopic (exact) mass is 245 g/mol. The number of hydrogen-bond donors (Lipinski definition) is 0. The molecule has 18 heavy (non-hydrogen) atoms. The molecule has 1 heterocycles. The minimum atomic E-state index is 0.0634. The van der Waals surface area contributed by atoms with E-state index >= 15 is 0 Å². The van der Waals surface area contributed by atoms with Crippen molar-refractivity contribution in [2.24, 2.45) is 0 Å². The van der Waals surface area contributed by atoms with E-state index in [-0.39, 0.29) is 5.41 Å². The molecule has 1 aromatic carbocycles. The predicted molar refractivity (Wildman–Crippen MR) is 70.7 cm³/mol. The predicted octanol–water partition coefficient (Wildman–Crippen LogP) is 3.86. The second kappa shape index (κ2) is 4.84. The third-order valence-corrected chi connectivity index (χ3v) is 2.74. The van der Waals surface area contributed by atoms with Crippen molar-refractivity contribution in [1.29, 1.82) is 0 Å². The molecule has 0 fully saturated rings. The Bertz CT molecular complexity index is 523. The van der Waals surface area contributed by atoms with Crippen LogP contribution < -0.4 is 4.74 Å². The van der Waals surface area contributed by atoms with Crippen molar-refractivity contribution in [1.82, 2.24) is 5.16 Å². The highest BCUT2D eigenvalue weighted by molar-refractivity contribution is 5.38. The van der Waals surface area contributed by atoms with E-state index in [1.807, 2.05) is 31.2 Å². The van der Waals surface area contributed by atoms with Gasteiger partial charge in [-0.25, -0.2) is 0 Å². The van der Waals surface area contributed by atoms with Crippen LogP contribution in [0.2, 0.25) is 0 Å². The van der Waals surface area contributed by atoms with E-state index in [4.69, 9.17) is 9.26 Å². The van der Waals surface area contributed by atoms with E-state index in [0.717, 1.165) is 17.2 Å². The molecule has 0 amide bonds. The average molecular weight is 245 g/mol. The van der Waals surface area contributed by atoms with E-state index in [2.05, 4.69) is 32.0 Å². The first-order valence-corrected chi connectivity index (χ1v) is 6.11. The Morgan fingerprint density at radius 1 is 1.22 bits per heavy atom. The number of rotatable bonds is 3. The summed E-state index contributed by atoms with van der Waals surface area (Å²) in [6.07, 6.45) is 0. The van der Waals surface area contributed by atoms with E-state index in [1.165, 1.54) is 5.56 Å². The van der Waals surface area contributed by atoms with Crippen LogP contribution in [0.4, 0.5) is 0 Å². The fourth-order valence-corrected chi connectivity index (χ4v) is 1.85. The molecule has 0 bridgehead atoms. The lowest BCUT2D eigenvalue weighted by molar-refractivity contribution is 0.244. The third kappa shape index (κ3) is 2.92. The smallest absolute Gasteiger partial charge is 0.174 e. The lowest BCUT2D eigenvalue weighted by Crippen LogP contribution is -2.13. The van der Waals surface area contributed by atoms with Crippen molar-refractivity contribution in [3.05, 3.63) is 47.3 Å². The van der Waals surface area contributed by atoms with Crippen molar-refractivity contribution in [3.8, 4) is 5.75 Å². The molecule has 0 saturated heterocycles. The van der Waals surface area contributed by atoms with E-state index in [9.17, 15) is 0 Å². The summed E-state index contributed by atoms with van der Waals surface area (Å²) in [6, 6.07) is 9.99. The Morgan fingerprint density at radius 2 is 1.94 bits per heavy atom. The van der Waals surface area contributed by atoms with Crippen molar-refractivity contribution < 1.29 is 9.26 Å². The number of aromatic nitrogens is 1. The molecule has 0 aliphatic carbocycles. The summed E-state index contributed by atoms with van der Waals surface area (Å²) in [6.45, 7) is 8.83. The van der Waals surface area contributed by atoms with Crippen LogP contribution >= 0.6 is 0 Å². The van der Waals surface area contributed by atoms with Gasteiger partial charge < -0.3 is 9.26 Å². The average Bonchev–Trinajstić information content (AvgIpc) is 2.72. The molecule has 1 aromatic heterocycles. The van der Waals surface area contributed by atoms with Gasteiger partial charge in [0.1, 0.15) is 12.4 Å². The van der Waals surface area contributed by atoms with Crippen molar-refractivity contribution in [3.63, 3.8) is 0 Å². The highest BCUT2D eigenvalue weighted by Crippen LogP contribution is 2.31. The molecule has 0 radical (unpaired) electrons. The van der Waals surface area contributed by atoms with Gasteiger partial charge in [-0.2, -0.15) is 0 Å². The zero-order chi connectivity index (χ0) is 13.2. The summed E-state index contributed by atoms with van der Waals surface area (Å²) in [4.78, 5) is 0. The molecule has 0 atom stereocenters. The molecule has 0 spiro atoms. The van der Waals surface area contributed by atoms with Crippen molar-refractivity contribution in [2.45, 2.75) is 39.7 Å². The van der Waals surface area contributed by atoms with E-state index < -0.39 is 0 Å². The fraction of sp³-hybridized carbons (Fsp3) is 0.400. The molecule has 0 aliphatic heterocycles. The topological polar surface area (TPSA) is 35.3 Å². The summed E-state index contributed by atoms with van der Waals surface area (Å²) >= 11 is 0. The van der Waals surface area contributed by atoms with Crippen molar-refractivity contribution >= 4 is 0 Å². The molecule has 96 valence electrons. The van der Waals surface area contributed by atoms with Gasteiger partial charge in [0, 0.05) is 6.07 Å². The van der Waals surface area contributed by atoms with Gasteiger partial charge in [0.2, 0.25) is 0 Å². The second-order valence-corrected chi connectivity index (χ2v) is 5.47. The number of nitrogens with zero attached hydrogens (tertiary/aromatic N) is 1. The van der Waals surface area contributed by atoms with Gasteiger partial charge in [-0.05, 0) is 24.0 Å². The first-order chi connectivity index (χ1) is 8.47. The Morgan fingerprint density at radius 3 is 2.56 bits per heavy atom. The van der Waals surface area contributed by atoms with Crippen LogP contribution in [-0.2, 0) is 12.0 Å². The summed E-state index contributed by atoms with van der Waals surface area (Å²) in [5.41, 5.74) is 2.13. The van der Waals surface area contributed by atoms with Crippen molar-refractivity contribution in [2.75, 3.05) is 0 Å². The second-order valence-electron chi connectivity index (χ2n) is 5.47. The molecule has 0 aliphatic rings. The number of ether oxygens (including phenoxy) is 1. The van der Waals surface area contributed by atoms with Gasteiger partial charge in [0.05, 0.1) is 5.69 Å². The highest BCUT2D eigenvalue weighted by Gasteiger charge is 2.18. The standard InChI is InChI=1S/C15H19NO2/c1-11-9-12(18-16-11)10-17-14-8-6-5-7-13(14)15(2,3)4/h5-9H,10H2,1-4H3. The van der Waals surface area contributed by atoms with Crippen LogP contribution in [0, 0.1) is 6.92 Å². The van der Waals surface area contributed by atoms with Crippen LogP contribution in [-0.4, -0.2) is 5.16 Å². The lowest BCUT2D eigenvalue weighted by Gasteiger charge is -2.22. The van der Waals surface area contributed by atoms with Gasteiger partial charge in [-0.1, -0.05) is 44.1 Å². The molecular formula is C15H19NO2. The van der Waals surface area contributed by atoms with Crippen LogP contribution in [0.25, 0.3) is 0 Å². The van der Waals surface area contributed by atoms with E-state index in [0.29, 0.717) is 6.61 Å². The molecule has 2 aromatic rings. The summed E-state index contributed by atoms with van der Waals surface area (Å²) in [7, 11) is 0. The zero-order valence-corrected chi connectivity index (χ0v) is 11.4. The fourth-order valence-electron chi connectivity index (χ4n) is 1.85. The first kappa shape index (κ1) is 12.7. The van der Waals surface area contributed by atoms with Gasteiger partial charge in [0.15, 0.2) is 5.76 Å². The Hall–Kier alpha value is -1.77. The molecule has 2 rings (SSSR count). The Labute approximate surface area is 108 Å². The molecule has 3 nitrogen and oxygen atoms in total. The van der Waals surface area contributed by atoms with Crippen LogP contribution in [0.3, 0.4) is 0 Å². The SMILES string of the molecule is Cc1cc(COc2ccccc2C(C)(C)C)on1. The summed E-state index contributed by atoms with van der Waals surface area (Å²) in [5, 5.41) is 3.85. The molecule has 0 saturated carbocycles. The maximum Gasteiger partial charge on any atom is 0.174 e. The molecule has 3 heteroatoms. The van der Waals surface area contributed by atoms with Crippen LogP contribution in [0.1, 0.15) is 37.8 Å². The maximum atomic E-state index is 5.83. The van der Waals surface area contributed by atoms with Gasteiger partial charge in [0.25, 0.3) is 0 Å². The van der Waals surface area contributed by atoms with E-state index in [1.54, 1.807) is 0 Å². The largest absolute Gasteiger partial charge is 0.485 e. The molecular weight excluding hydrogens is 226 g/mol. The van der Waals surface area contributed by atoms with Gasteiger partial charge in [-0.15, -0.1) is 0 Å². The first-order valence-electron chi connectivity index (χ1n) is 6.11. The van der Waals surface area contributed by atoms with Crippen LogP contribution in [0.5, 0.6) is 5.75 Å².